The van der Waals surface area contributed by atoms with E-state index in [0.29, 0.717) is 12.8 Å². The molecule has 0 unspecified atom stereocenters. The van der Waals surface area contributed by atoms with Gasteiger partial charge < -0.3 is 10.2 Å². The first-order chi connectivity index (χ1) is 4.91. The second kappa shape index (κ2) is 4.29. The van der Waals surface area contributed by atoms with E-state index in [9.17, 15) is 0 Å². The van der Waals surface area contributed by atoms with E-state index >= 15 is 0 Å². The highest BCUT2D eigenvalue weighted by atomic mass is 35.5. The molecule has 0 aliphatic carbocycles. The van der Waals surface area contributed by atoms with Crippen molar-refractivity contribution in [2.45, 2.75) is 24.1 Å². The van der Waals surface area contributed by atoms with Gasteiger partial charge in [0.1, 0.15) is 5.03 Å². The molecule has 0 aliphatic rings. The van der Waals surface area contributed by atoms with Crippen LogP contribution in [0, 0.1) is 0 Å². The van der Waals surface area contributed by atoms with Gasteiger partial charge in [0, 0.05) is 0 Å². The lowest BCUT2D eigenvalue weighted by atomic mass is 10.2. The number of hydrogen-bond acceptors (Lipinski definition) is 2. The van der Waals surface area contributed by atoms with Gasteiger partial charge in [-0.05, 0) is 6.42 Å². The molecule has 0 aromatic carbocycles. The van der Waals surface area contributed by atoms with Crippen LogP contribution in [-0.2, 0) is 0 Å². The maximum absolute atomic E-state index is 8.52. The van der Waals surface area contributed by atoms with E-state index in [4.69, 9.17) is 45.0 Å². The Kier molecular flexibility index (Phi) is 4.37. The van der Waals surface area contributed by atoms with E-state index in [2.05, 4.69) is 0 Å². The summed E-state index contributed by atoms with van der Waals surface area (Å²) >= 11 is 16.7. The van der Waals surface area contributed by atoms with Crippen LogP contribution in [0.2, 0.25) is 0 Å². The highest BCUT2D eigenvalue weighted by Crippen LogP contribution is 2.37. The zero-order chi connectivity index (χ0) is 9.07. The van der Waals surface area contributed by atoms with E-state index in [-0.39, 0.29) is 5.03 Å². The molecule has 0 saturated heterocycles. The fourth-order valence-corrected chi connectivity index (χ4v) is 1.23. The van der Waals surface area contributed by atoms with Crippen molar-refractivity contribution in [2.75, 3.05) is 0 Å². The van der Waals surface area contributed by atoms with Gasteiger partial charge in [0.15, 0.2) is 4.33 Å². The number of hydrogen-bond donors (Lipinski definition) is 2. The van der Waals surface area contributed by atoms with Crippen molar-refractivity contribution in [3.63, 3.8) is 0 Å². The fourth-order valence-electron chi connectivity index (χ4n) is 0.587. The summed E-state index contributed by atoms with van der Waals surface area (Å²) in [5.41, 5.74) is 0. The van der Waals surface area contributed by atoms with Gasteiger partial charge in [-0.3, -0.25) is 0 Å². The Morgan fingerprint density at radius 2 is 1.82 bits per heavy atom. The van der Waals surface area contributed by atoms with Crippen LogP contribution >= 0.6 is 34.8 Å². The fraction of sp³-hybridized carbons (Fsp3) is 0.667. The van der Waals surface area contributed by atoms with Crippen LogP contribution in [0.15, 0.2) is 11.0 Å². The zero-order valence-electron chi connectivity index (χ0n) is 5.94. The van der Waals surface area contributed by atoms with E-state index in [1.807, 2.05) is 6.92 Å². The van der Waals surface area contributed by atoms with Crippen LogP contribution in [0.5, 0.6) is 0 Å². The lowest BCUT2D eigenvalue weighted by molar-refractivity contribution is 0.186. The first-order valence-electron chi connectivity index (χ1n) is 3.07. The normalized spacial score (nSPS) is 11.3. The second-order valence-electron chi connectivity index (χ2n) is 2.09. The smallest absolute Gasteiger partial charge is 0.292 e. The van der Waals surface area contributed by atoms with Gasteiger partial charge in [0.05, 0.1) is 0 Å². The summed E-state index contributed by atoms with van der Waals surface area (Å²) in [6.45, 7) is 1.86. The molecule has 0 atom stereocenters. The summed E-state index contributed by atoms with van der Waals surface area (Å²) in [6, 6.07) is 0. The number of alkyl halides is 2. The molecule has 0 radical (unpaired) electrons. The average molecular weight is 219 g/mol. The third-order valence-corrected chi connectivity index (χ3v) is 2.52. The Morgan fingerprint density at radius 1 is 1.36 bits per heavy atom. The molecular formula is C6H9Cl3O2. The number of rotatable bonds is 3. The molecule has 2 N–H and O–H groups in total. The van der Waals surface area contributed by atoms with Gasteiger partial charge in [-0.25, -0.2) is 0 Å². The predicted molar refractivity (Wildman–Crippen MR) is 47.5 cm³/mol. The van der Waals surface area contributed by atoms with Gasteiger partial charge in [-0.15, -0.1) is 0 Å². The third kappa shape index (κ3) is 3.41. The van der Waals surface area contributed by atoms with Gasteiger partial charge in [-0.2, -0.15) is 0 Å². The Hall–Kier alpha value is 0.210. The molecule has 0 aromatic rings. The predicted octanol–water partition coefficient (Wildman–Crippen LogP) is 3.48. The van der Waals surface area contributed by atoms with Gasteiger partial charge in [-0.1, -0.05) is 48.1 Å². The largest absolute Gasteiger partial charge is 0.480 e. The average Bonchev–Trinajstić information content (AvgIpc) is 1.86. The van der Waals surface area contributed by atoms with Crippen molar-refractivity contribution in [3.8, 4) is 0 Å². The van der Waals surface area contributed by atoms with Gasteiger partial charge >= 0.3 is 0 Å². The first kappa shape index (κ1) is 11.2. The minimum atomic E-state index is -1.38. The van der Waals surface area contributed by atoms with E-state index in [1.54, 1.807) is 0 Å². The summed E-state index contributed by atoms with van der Waals surface area (Å²) in [6.07, 6.45) is 1.08. The second-order valence-corrected chi connectivity index (χ2v) is 3.95. The maximum Gasteiger partial charge on any atom is 0.292 e. The molecule has 66 valence electrons. The SMILES string of the molecule is CCCC(Cl)(Cl)C(Cl)=C(O)O. The minimum absolute atomic E-state index is 0.331. The summed E-state index contributed by atoms with van der Waals surface area (Å²) in [5, 5.41) is 16.7. The number of aliphatic hydroxyl groups is 2. The molecular weight excluding hydrogens is 210 g/mol. The number of halogens is 3. The Labute approximate surface area is 80.4 Å². The topological polar surface area (TPSA) is 40.5 Å². The maximum atomic E-state index is 8.52. The lowest BCUT2D eigenvalue weighted by Crippen LogP contribution is -2.14. The molecule has 0 aromatic heterocycles. The van der Waals surface area contributed by atoms with E-state index in [1.165, 1.54) is 0 Å². The van der Waals surface area contributed by atoms with Gasteiger partial charge in [0.25, 0.3) is 5.95 Å². The van der Waals surface area contributed by atoms with Crippen LogP contribution in [0.1, 0.15) is 19.8 Å². The molecule has 0 aliphatic heterocycles. The van der Waals surface area contributed by atoms with Crippen molar-refractivity contribution < 1.29 is 10.2 Å². The van der Waals surface area contributed by atoms with Crippen LogP contribution in [0.3, 0.4) is 0 Å². The molecule has 0 heterocycles. The standard InChI is InChI=1S/C6H9Cl3O2/c1-2-3-6(8,9)4(7)5(10)11/h10-11H,2-3H2,1H3. The Balaban J connectivity index is 4.42. The third-order valence-electron chi connectivity index (χ3n) is 1.08. The van der Waals surface area contributed by atoms with E-state index < -0.39 is 10.3 Å². The van der Waals surface area contributed by atoms with Crippen molar-refractivity contribution in [1.29, 1.82) is 0 Å². The summed E-state index contributed by atoms with van der Waals surface area (Å²) in [5.74, 6) is -1.02. The quantitative estimate of drug-likeness (QED) is 0.563. The van der Waals surface area contributed by atoms with Crippen molar-refractivity contribution in [2.24, 2.45) is 0 Å². The van der Waals surface area contributed by atoms with Crippen LogP contribution in [0.25, 0.3) is 0 Å². The molecule has 0 rings (SSSR count). The van der Waals surface area contributed by atoms with Crippen LogP contribution in [0.4, 0.5) is 0 Å². The number of allylic oxidation sites excluding steroid dienone is 1. The highest BCUT2D eigenvalue weighted by Gasteiger charge is 2.30. The lowest BCUT2D eigenvalue weighted by Gasteiger charge is -2.16. The molecule has 0 fully saturated rings. The molecule has 11 heavy (non-hydrogen) atoms. The molecule has 2 nitrogen and oxygen atoms in total. The van der Waals surface area contributed by atoms with Crippen molar-refractivity contribution in [3.05, 3.63) is 11.0 Å². The monoisotopic (exact) mass is 218 g/mol. The highest BCUT2D eigenvalue weighted by molar-refractivity contribution is 6.56. The van der Waals surface area contributed by atoms with Crippen molar-refractivity contribution >= 4 is 34.8 Å². The molecule has 0 spiro atoms. The summed E-state index contributed by atoms with van der Waals surface area (Å²) in [4.78, 5) is 0. The molecule has 5 heteroatoms. The first-order valence-corrected chi connectivity index (χ1v) is 4.21. The minimum Gasteiger partial charge on any atom is -0.480 e. The van der Waals surface area contributed by atoms with Gasteiger partial charge in [0.2, 0.25) is 0 Å². The molecule has 0 amide bonds. The zero-order valence-corrected chi connectivity index (χ0v) is 8.21. The van der Waals surface area contributed by atoms with Crippen LogP contribution in [-0.4, -0.2) is 14.5 Å². The van der Waals surface area contributed by atoms with E-state index in [0.717, 1.165) is 0 Å². The summed E-state index contributed by atoms with van der Waals surface area (Å²) < 4.78 is -1.38. The van der Waals surface area contributed by atoms with Crippen LogP contribution < -0.4 is 0 Å². The van der Waals surface area contributed by atoms with Crippen molar-refractivity contribution in [1.82, 2.24) is 0 Å². The molecule has 0 bridgehead atoms. The molecule has 0 saturated carbocycles. The Bertz CT molecular complexity index is 161. The summed E-state index contributed by atoms with van der Waals surface area (Å²) in [7, 11) is 0. The number of aliphatic hydroxyl groups excluding tert-OH is 1. The Morgan fingerprint density at radius 3 is 2.09 bits per heavy atom.